The Bertz CT molecular complexity index is 756. The van der Waals surface area contributed by atoms with Crippen molar-refractivity contribution in [1.29, 1.82) is 0 Å². The number of piperidine rings is 1. The van der Waals surface area contributed by atoms with Gasteiger partial charge in [-0.05, 0) is 35.3 Å². The van der Waals surface area contributed by atoms with Crippen molar-refractivity contribution < 1.29 is 9.53 Å². The zero-order valence-corrected chi connectivity index (χ0v) is 15.6. The molecule has 0 unspecified atom stereocenters. The number of fused-ring (bicyclic) bond motifs is 1. The lowest BCUT2D eigenvalue weighted by Gasteiger charge is -2.59. The highest BCUT2D eigenvalue weighted by Crippen LogP contribution is 2.46. The van der Waals surface area contributed by atoms with E-state index in [0.717, 1.165) is 24.9 Å². The maximum absolute atomic E-state index is 12.7. The first kappa shape index (κ1) is 17.3. The summed E-state index contributed by atoms with van der Waals surface area (Å²) in [4.78, 5) is 14.8. The molecule has 0 saturated carbocycles. The van der Waals surface area contributed by atoms with E-state index in [1.54, 1.807) is 0 Å². The Morgan fingerprint density at radius 2 is 1.62 bits per heavy atom. The van der Waals surface area contributed by atoms with Crippen LogP contribution < -0.4 is 0 Å². The predicted molar refractivity (Wildman–Crippen MR) is 103 cm³/mol. The highest BCUT2D eigenvalue weighted by atomic mass is 16.5. The standard InChI is InChI=1S/C23H27NO2/c1-23(2)14-19(13-17-9-5-3-6-10-17)15-24-21(23)20(22(24)25)26-16-18-11-7-4-8-12-18/h3-12,19-21H,13-16H2,1-2H3/t19-,20-,21-/m0/s1. The van der Waals surface area contributed by atoms with E-state index in [9.17, 15) is 4.79 Å². The van der Waals surface area contributed by atoms with Crippen LogP contribution in [0.2, 0.25) is 0 Å². The summed E-state index contributed by atoms with van der Waals surface area (Å²) in [6, 6.07) is 20.9. The highest BCUT2D eigenvalue weighted by Gasteiger charge is 2.58. The Hall–Kier alpha value is -2.13. The average molecular weight is 349 g/mol. The van der Waals surface area contributed by atoms with Crippen LogP contribution in [-0.2, 0) is 22.6 Å². The molecule has 0 bridgehead atoms. The lowest BCUT2D eigenvalue weighted by molar-refractivity contribution is -0.199. The van der Waals surface area contributed by atoms with Gasteiger partial charge in [0.05, 0.1) is 12.6 Å². The monoisotopic (exact) mass is 349 g/mol. The molecule has 136 valence electrons. The van der Waals surface area contributed by atoms with Crippen LogP contribution in [0.1, 0.15) is 31.4 Å². The molecule has 2 aliphatic heterocycles. The van der Waals surface area contributed by atoms with Gasteiger partial charge in [-0.25, -0.2) is 0 Å². The molecular weight excluding hydrogens is 322 g/mol. The van der Waals surface area contributed by atoms with Crippen LogP contribution in [0.25, 0.3) is 0 Å². The summed E-state index contributed by atoms with van der Waals surface area (Å²) < 4.78 is 6.04. The lowest BCUT2D eigenvalue weighted by Crippen LogP contribution is -2.73. The second kappa shape index (κ2) is 6.88. The molecule has 3 nitrogen and oxygen atoms in total. The van der Waals surface area contributed by atoms with E-state index in [0.29, 0.717) is 12.5 Å². The lowest BCUT2D eigenvalue weighted by atomic mass is 9.65. The van der Waals surface area contributed by atoms with Gasteiger partial charge in [0.15, 0.2) is 6.10 Å². The van der Waals surface area contributed by atoms with Gasteiger partial charge >= 0.3 is 0 Å². The molecule has 0 aliphatic carbocycles. The van der Waals surface area contributed by atoms with Gasteiger partial charge in [0.2, 0.25) is 0 Å². The summed E-state index contributed by atoms with van der Waals surface area (Å²) in [6.45, 7) is 5.93. The largest absolute Gasteiger partial charge is 0.361 e. The fraction of sp³-hybridized carbons (Fsp3) is 0.435. The van der Waals surface area contributed by atoms with Crippen LogP contribution in [0.15, 0.2) is 60.7 Å². The Balaban J connectivity index is 1.41. The van der Waals surface area contributed by atoms with Crippen molar-refractivity contribution >= 4 is 5.91 Å². The highest BCUT2D eigenvalue weighted by molar-refractivity contribution is 5.89. The van der Waals surface area contributed by atoms with Gasteiger partial charge in [0, 0.05) is 6.54 Å². The third kappa shape index (κ3) is 3.28. The first-order valence-electron chi connectivity index (χ1n) is 9.54. The van der Waals surface area contributed by atoms with E-state index >= 15 is 0 Å². The summed E-state index contributed by atoms with van der Waals surface area (Å²) in [5.74, 6) is 0.680. The smallest absolute Gasteiger partial charge is 0.254 e. The third-order valence-electron chi connectivity index (χ3n) is 5.86. The average Bonchev–Trinajstić information content (AvgIpc) is 2.63. The molecule has 1 amide bonds. The van der Waals surface area contributed by atoms with Crippen molar-refractivity contribution in [2.75, 3.05) is 6.54 Å². The molecule has 2 fully saturated rings. The molecule has 2 aromatic rings. The van der Waals surface area contributed by atoms with Crippen LogP contribution in [0.4, 0.5) is 0 Å². The topological polar surface area (TPSA) is 29.5 Å². The second-order valence-electron chi connectivity index (χ2n) is 8.40. The van der Waals surface area contributed by atoms with Crippen LogP contribution >= 0.6 is 0 Å². The number of hydrogen-bond donors (Lipinski definition) is 0. The zero-order chi connectivity index (χ0) is 18.1. The Morgan fingerprint density at radius 1 is 1.00 bits per heavy atom. The Kier molecular flexibility index (Phi) is 4.58. The minimum Gasteiger partial charge on any atom is -0.361 e. The van der Waals surface area contributed by atoms with Gasteiger partial charge in [0.1, 0.15) is 0 Å². The van der Waals surface area contributed by atoms with Crippen molar-refractivity contribution in [3.63, 3.8) is 0 Å². The second-order valence-corrected chi connectivity index (χ2v) is 8.40. The SMILES string of the molecule is CC1(C)C[C@H](Cc2ccccc2)CN2C(=O)[C@@H](OCc3ccccc3)[C@H]21. The Labute approximate surface area is 156 Å². The van der Waals surface area contributed by atoms with Gasteiger partial charge in [-0.1, -0.05) is 74.5 Å². The molecule has 0 aromatic heterocycles. The van der Waals surface area contributed by atoms with Crippen molar-refractivity contribution in [3.05, 3.63) is 71.8 Å². The van der Waals surface area contributed by atoms with Crippen molar-refractivity contribution in [2.45, 2.75) is 45.4 Å². The summed E-state index contributed by atoms with van der Waals surface area (Å²) in [6.07, 6.45) is 1.88. The van der Waals surface area contributed by atoms with E-state index in [-0.39, 0.29) is 23.5 Å². The van der Waals surface area contributed by atoms with Crippen LogP contribution in [-0.4, -0.2) is 29.5 Å². The maximum Gasteiger partial charge on any atom is 0.254 e. The summed E-state index contributed by atoms with van der Waals surface area (Å²) in [5.41, 5.74) is 2.55. The third-order valence-corrected chi connectivity index (χ3v) is 5.86. The number of nitrogens with zero attached hydrogens (tertiary/aromatic N) is 1. The van der Waals surface area contributed by atoms with E-state index in [2.05, 4.69) is 49.1 Å². The molecule has 0 spiro atoms. The molecule has 0 radical (unpaired) electrons. The number of rotatable bonds is 5. The molecule has 2 aliphatic rings. The van der Waals surface area contributed by atoms with Gasteiger partial charge in [-0.2, -0.15) is 0 Å². The summed E-state index contributed by atoms with van der Waals surface area (Å²) >= 11 is 0. The minimum absolute atomic E-state index is 0.0764. The summed E-state index contributed by atoms with van der Waals surface area (Å²) in [5, 5.41) is 0. The number of carbonyl (C=O) groups is 1. The number of amides is 1. The maximum atomic E-state index is 12.7. The van der Waals surface area contributed by atoms with Crippen molar-refractivity contribution in [3.8, 4) is 0 Å². The van der Waals surface area contributed by atoms with E-state index in [4.69, 9.17) is 4.74 Å². The molecule has 2 heterocycles. The van der Waals surface area contributed by atoms with Crippen LogP contribution in [0.5, 0.6) is 0 Å². The first-order valence-corrected chi connectivity index (χ1v) is 9.54. The van der Waals surface area contributed by atoms with Crippen LogP contribution in [0.3, 0.4) is 0 Å². The van der Waals surface area contributed by atoms with E-state index < -0.39 is 0 Å². The number of ether oxygens (including phenoxy) is 1. The van der Waals surface area contributed by atoms with Gasteiger partial charge in [-0.15, -0.1) is 0 Å². The molecule has 2 saturated heterocycles. The fourth-order valence-corrected chi connectivity index (χ4v) is 4.77. The van der Waals surface area contributed by atoms with Crippen LogP contribution in [0, 0.1) is 11.3 Å². The molecule has 3 atom stereocenters. The molecule has 2 aromatic carbocycles. The minimum atomic E-state index is -0.289. The number of benzene rings is 2. The van der Waals surface area contributed by atoms with E-state index in [1.807, 2.05) is 30.3 Å². The Morgan fingerprint density at radius 3 is 2.27 bits per heavy atom. The molecular formula is C23H27NO2. The fourth-order valence-electron chi connectivity index (χ4n) is 4.77. The predicted octanol–water partition coefficient (Wildman–Crippen LogP) is 4.07. The van der Waals surface area contributed by atoms with Gasteiger partial charge in [0.25, 0.3) is 5.91 Å². The molecule has 4 rings (SSSR count). The first-order chi connectivity index (χ1) is 12.5. The normalized spacial score (nSPS) is 26.9. The number of β-lactam (4-membered cyclic amide) rings is 1. The van der Waals surface area contributed by atoms with Crippen molar-refractivity contribution in [2.24, 2.45) is 11.3 Å². The molecule has 3 heteroatoms. The van der Waals surface area contributed by atoms with E-state index in [1.165, 1.54) is 5.56 Å². The van der Waals surface area contributed by atoms with Gasteiger partial charge < -0.3 is 9.64 Å². The molecule has 0 N–H and O–H groups in total. The number of hydrogen-bond acceptors (Lipinski definition) is 2. The molecule has 26 heavy (non-hydrogen) atoms. The van der Waals surface area contributed by atoms with Crippen molar-refractivity contribution in [1.82, 2.24) is 4.90 Å². The zero-order valence-electron chi connectivity index (χ0n) is 15.6. The quantitative estimate of drug-likeness (QED) is 0.762. The number of carbonyl (C=O) groups excluding carboxylic acids is 1. The summed E-state index contributed by atoms with van der Waals surface area (Å²) in [7, 11) is 0. The van der Waals surface area contributed by atoms with Gasteiger partial charge in [-0.3, -0.25) is 4.79 Å².